The quantitative estimate of drug-likeness (QED) is 0.835. The molecule has 1 aromatic rings. The first kappa shape index (κ1) is 16.1. The molecule has 1 aliphatic rings. The summed E-state index contributed by atoms with van der Waals surface area (Å²) in [5, 5.41) is 11.2. The maximum absolute atomic E-state index is 12.8. The molecule has 0 spiro atoms. The molecule has 120 valence electrons. The first-order valence-corrected chi connectivity index (χ1v) is 6.43. The molecule has 2 rings (SSSR count). The van der Waals surface area contributed by atoms with E-state index >= 15 is 0 Å². The van der Waals surface area contributed by atoms with Crippen molar-refractivity contribution < 1.29 is 27.9 Å². The summed E-state index contributed by atoms with van der Waals surface area (Å²) >= 11 is 0. The van der Waals surface area contributed by atoms with Gasteiger partial charge in [0.1, 0.15) is 5.69 Å². The van der Waals surface area contributed by atoms with Crippen LogP contribution in [0.4, 0.5) is 23.7 Å². The molecular weight excluding hydrogens is 303 g/mol. The number of halogens is 3. The van der Waals surface area contributed by atoms with Gasteiger partial charge in [-0.3, -0.25) is 9.78 Å². The zero-order valence-corrected chi connectivity index (χ0v) is 11.6. The molecule has 0 aromatic carbocycles. The normalized spacial score (nSPS) is 21.7. The first-order valence-electron chi connectivity index (χ1n) is 6.43. The SMILES string of the molecule is C[C@]1(NC(=O)O)CCN(c2cc(C(F)(F)F)ncc2C=O)C1. The second-order valence-electron chi connectivity index (χ2n) is 5.41. The molecule has 1 fully saturated rings. The van der Waals surface area contributed by atoms with Crippen LogP contribution in [0.2, 0.25) is 0 Å². The van der Waals surface area contributed by atoms with Crippen molar-refractivity contribution in [3.8, 4) is 0 Å². The van der Waals surface area contributed by atoms with Gasteiger partial charge in [-0.05, 0) is 19.4 Å². The van der Waals surface area contributed by atoms with Gasteiger partial charge in [-0.15, -0.1) is 0 Å². The molecule has 9 heteroatoms. The van der Waals surface area contributed by atoms with Crippen molar-refractivity contribution in [2.24, 2.45) is 0 Å². The van der Waals surface area contributed by atoms with Crippen LogP contribution in [0.25, 0.3) is 0 Å². The number of carbonyl (C=O) groups excluding carboxylic acids is 1. The Bertz CT molecular complexity index is 606. The third kappa shape index (κ3) is 3.29. The lowest BCUT2D eigenvalue weighted by atomic mass is 10.0. The van der Waals surface area contributed by atoms with E-state index in [4.69, 9.17) is 5.11 Å². The van der Waals surface area contributed by atoms with Crippen molar-refractivity contribution in [3.63, 3.8) is 0 Å². The third-order valence-electron chi connectivity index (χ3n) is 3.55. The number of nitrogens with one attached hydrogen (secondary N) is 1. The van der Waals surface area contributed by atoms with E-state index < -0.39 is 23.5 Å². The Morgan fingerprint density at radius 3 is 2.77 bits per heavy atom. The van der Waals surface area contributed by atoms with Gasteiger partial charge < -0.3 is 15.3 Å². The molecule has 1 saturated heterocycles. The smallest absolute Gasteiger partial charge is 0.433 e. The molecular formula is C13H14F3N3O3. The van der Waals surface area contributed by atoms with Crippen molar-refractivity contribution >= 4 is 18.1 Å². The number of aromatic nitrogens is 1. The lowest BCUT2D eigenvalue weighted by Gasteiger charge is -2.26. The fourth-order valence-corrected chi connectivity index (χ4v) is 2.50. The molecule has 6 nitrogen and oxygen atoms in total. The van der Waals surface area contributed by atoms with Crippen LogP contribution in [-0.2, 0) is 6.18 Å². The lowest BCUT2D eigenvalue weighted by molar-refractivity contribution is -0.141. The Kier molecular flexibility index (Phi) is 3.99. The summed E-state index contributed by atoms with van der Waals surface area (Å²) in [7, 11) is 0. The van der Waals surface area contributed by atoms with E-state index in [-0.39, 0.29) is 17.8 Å². The summed E-state index contributed by atoms with van der Waals surface area (Å²) in [5.74, 6) is 0. The maximum atomic E-state index is 12.8. The number of amides is 1. The van der Waals surface area contributed by atoms with Gasteiger partial charge in [0.25, 0.3) is 0 Å². The molecule has 1 amide bonds. The van der Waals surface area contributed by atoms with E-state index in [1.165, 1.54) is 0 Å². The minimum Gasteiger partial charge on any atom is -0.465 e. The number of carbonyl (C=O) groups is 2. The van der Waals surface area contributed by atoms with Gasteiger partial charge in [0.05, 0.1) is 16.8 Å². The van der Waals surface area contributed by atoms with E-state index in [1.807, 2.05) is 0 Å². The molecule has 0 unspecified atom stereocenters. The Labute approximate surface area is 123 Å². The number of alkyl halides is 3. The summed E-state index contributed by atoms with van der Waals surface area (Å²) < 4.78 is 38.3. The maximum Gasteiger partial charge on any atom is 0.433 e. The van der Waals surface area contributed by atoms with Crippen molar-refractivity contribution in [1.29, 1.82) is 0 Å². The van der Waals surface area contributed by atoms with E-state index in [1.54, 1.807) is 11.8 Å². The summed E-state index contributed by atoms with van der Waals surface area (Å²) in [4.78, 5) is 26.6. The molecule has 0 radical (unpaired) electrons. The number of pyridine rings is 1. The van der Waals surface area contributed by atoms with Crippen molar-refractivity contribution in [2.75, 3.05) is 18.0 Å². The molecule has 0 bridgehead atoms. The second kappa shape index (κ2) is 5.47. The van der Waals surface area contributed by atoms with Gasteiger partial charge in [-0.2, -0.15) is 13.2 Å². The Balaban J connectivity index is 2.32. The summed E-state index contributed by atoms with van der Waals surface area (Å²) in [6, 6.07) is 0.816. The molecule has 1 atom stereocenters. The van der Waals surface area contributed by atoms with Gasteiger partial charge in [-0.1, -0.05) is 0 Å². The van der Waals surface area contributed by atoms with Crippen molar-refractivity contribution in [2.45, 2.75) is 25.1 Å². The number of hydrogen-bond donors (Lipinski definition) is 2. The summed E-state index contributed by atoms with van der Waals surface area (Å²) in [5.41, 5.74) is -1.73. The highest BCUT2D eigenvalue weighted by Gasteiger charge is 2.38. The van der Waals surface area contributed by atoms with E-state index in [9.17, 15) is 22.8 Å². The van der Waals surface area contributed by atoms with Crippen LogP contribution in [0.3, 0.4) is 0 Å². The number of carboxylic acid groups (broad SMARTS) is 1. The summed E-state index contributed by atoms with van der Waals surface area (Å²) in [6.45, 7) is 2.16. The molecule has 22 heavy (non-hydrogen) atoms. The second-order valence-corrected chi connectivity index (χ2v) is 5.41. The number of anilines is 1. The van der Waals surface area contributed by atoms with Crippen LogP contribution in [-0.4, -0.2) is 41.1 Å². The van der Waals surface area contributed by atoms with Crippen LogP contribution in [0.1, 0.15) is 29.4 Å². The van der Waals surface area contributed by atoms with E-state index in [2.05, 4.69) is 10.3 Å². The minimum atomic E-state index is -4.61. The summed E-state index contributed by atoms with van der Waals surface area (Å²) in [6.07, 6.45) is -4.08. The van der Waals surface area contributed by atoms with Crippen molar-refractivity contribution in [3.05, 3.63) is 23.5 Å². The zero-order valence-electron chi connectivity index (χ0n) is 11.6. The predicted octanol–water partition coefficient (Wildman–Crippen LogP) is 2.15. The van der Waals surface area contributed by atoms with Gasteiger partial charge in [0, 0.05) is 19.3 Å². The van der Waals surface area contributed by atoms with Gasteiger partial charge in [0.2, 0.25) is 0 Å². The zero-order chi connectivity index (χ0) is 16.5. The third-order valence-corrected chi connectivity index (χ3v) is 3.55. The van der Waals surface area contributed by atoms with Gasteiger partial charge in [0.15, 0.2) is 6.29 Å². The lowest BCUT2D eigenvalue weighted by Crippen LogP contribution is -2.47. The first-order chi connectivity index (χ1) is 10.1. The largest absolute Gasteiger partial charge is 0.465 e. The minimum absolute atomic E-state index is 0.0348. The fourth-order valence-electron chi connectivity index (χ4n) is 2.50. The van der Waals surface area contributed by atoms with Gasteiger partial charge >= 0.3 is 12.3 Å². The van der Waals surface area contributed by atoms with Crippen molar-refractivity contribution in [1.82, 2.24) is 10.3 Å². The fraction of sp³-hybridized carbons (Fsp3) is 0.462. The number of aldehydes is 1. The molecule has 0 saturated carbocycles. The molecule has 0 aliphatic carbocycles. The Hall–Kier alpha value is -2.32. The van der Waals surface area contributed by atoms with Gasteiger partial charge in [-0.25, -0.2) is 4.79 Å². The van der Waals surface area contributed by atoms with Crippen LogP contribution >= 0.6 is 0 Å². The molecule has 2 N–H and O–H groups in total. The van der Waals surface area contributed by atoms with Crippen LogP contribution in [0.5, 0.6) is 0 Å². The average molecular weight is 317 g/mol. The van der Waals surface area contributed by atoms with Crippen LogP contribution in [0, 0.1) is 0 Å². The predicted molar refractivity (Wildman–Crippen MR) is 71.0 cm³/mol. The van der Waals surface area contributed by atoms with Crippen LogP contribution in [0.15, 0.2) is 12.3 Å². The Morgan fingerprint density at radius 2 is 2.23 bits per heavy atom. The molecule has 1 aliphatic heterocycles. The average Bonchev–Trinajstić information content (AvgIpc) is 2.78. The standard InChI is InChI=1S/C13H14F3N3O3/c1-12(18-11(21)22)2-3-19(7-12)9-4-10(13(14,15)16)17-5-8(9)6-20/h4-6,18H,2-3,7H2,1H3,(H,21,22)/t12-/m0/s1. The topological polar surface area (TPSA) is 82.5 Å². The highest BCUT2D eigenvalue weighted by atomic mass is 19.4. The van der Waals surface area contributed by atoms with E-state index in [0.717, 1.165) is 12.3 Å². The highest BCUT2D eigenvalue weighted by Crippen LogP contribution is 2.34. The molecule has 1 aromatic heterocycles. The Morgan fingerprint density at radius 1 is 1.55 bits per heavy atom. The monoisotopic (exact) mass is 317 g/mol. The number of nitrogens with zero attached hydrogens (tertiary/aromatic N) is 2. The number of hydrogen-bond acceptors (Lipinski definition) is 4. The van der Waals surface area contributed by atoms with Crippen LogP contribution < -0.4 is 10.2 Å². The van der Waals surface area contributed by atoms with E-state index in [0.29, 0.717) is 19.3 Å². The molecule has 2 heterocycles. The number of rotatable bonds is 3. The highest BCUT2D eigenvalue weighted by molar-refractivity contribution is 5.84.